The van der Waals surface area contributed by atoms with Gasteiger partial charge in [-0.25, -0.2) is 9.36 Å². The quantitative estimate of drug-likeness (QED) is 0.0242. The van der Waals surface area contributed by atoms with Crippen molar-refractivity contribution in [1.29, 1.82) is 0 Å². The Bertz CT molecular complexity index is 895. The predicted molar refractivity (Wildman–Crippen MR) is 180 cm³/mol. The topological polar surface area (TPSA) is 169 Å². The maximum Gasteiger partial charge on any atom is 0.472 e. The molecule has 0 aromatic rings. The fourth-order valence-electron chi connectivity index (χ4n) is 4.47. The summed E-state index contributed by atoms with van der Waals surface area (Å²) >= 11 is 0. The normalized spacial score (nSPS) is 14.3. The third kappa shape index (κ3) is 29.4. The minimum atomic E-state index is -4.74. The lowest BCUT2D eigenvalue weighted by Gasteiger charge is -2.18. The number of esters is 1. The number of hydrogen-bond donors (Lipinski definition) is 4. The highest BCUT2D eigenvalue weighted by Gasteiger charge is 2.28. The number of carbonyl (C=O) groups is 3. The van der Waals surface area contributed by atoms with Crippen molar-refractivity contribution in [2.75, 3.05) is 19.8 Å². The molecule has 0 heterocycles. The van der Waals surface area contributed by atoms with E-state index in [-0.39, 0.29) is 12.8 Å². The average molecular weight is 676 g/mol. The summed E-state index contributed by atoms with van der Waals surface area (Å²) in [6, 6.07) is -1.54. The van der Waals surface area contributed by atoms with E-state index in [1.807, 2.05) is 0 Å². The van der Waals surface area contributed by atoms with Crippen LogP contribution in [0.1, 0.15) is 142 Å². The van der Waals surface area contributed by atoms with E-state index in [1.165, 1.54) is 38.5 Å². The average Bonchev–Trinajstić information content (AvgIpc) is 3.02. The van der Waals surface area contributed by atoms with Gasteiger partial charge in [-0.1, -0.05) is 115 Å². The lowest BCUT2D eigenvalue weighted by Crippen LogP contribution is -2.43. The van der Waals surface area contributed by atoms with Gasteiger partial charge >= 0.3 is 19.8 Å². The maximum absolute atomic E-state index is 12.2. The number of aliphatic carboxylic acids is 1. The summed E-state index contributed by atoms with van der Waals surface area (Å²) in [4.78, 5) is 45.4. The first-order valence-corrected chi connectivity index (χ1v) is 18.9. The van der Waals surface area contributed by atoms with Gasteiger partial charge in [0.25, 0.3) is 0 Å². The number of unbranched alkanes of at least 4 members (excludes halogenated alkanes) is 14. The molecule has 0 spiro atoms. The summed E-state index contributed by atoms with van der Waals surface area (Å²) < 4.78 is 26.6. The van der Waals surface area contributed by atoms with E-state index >= 15 is 0 Å². The van der Waals surface area contributed by atoms with E-state index in [4.69, 9.17) is 13.8 Å². The summed E-state index contributed by atoms with van der Waals surface area (Å²) in [5.74, 6) is -2.39. The Morgan fingerprint density at radius 1 is 0.696 bits per heavy atom. The van der Waals surface area contributed by atoms with Crippen LogP contribution in [0.5, 0.6) is 0 Å². The molecule has 0 saturated heterocycles. The summed E-state index contributed by atoms with van der Waals surface area (Å²) in [6.07, 6.45) is 26.6. The zero-order chi connectivity index (χ0) is 34.3. The van der Waals surface area contributed by atoms with Gasteiger partial charge in [-0.3, -0.25) is 18.6 Å². The number of carboxylic acids is 1. The van der Waals surface area contributed by atoms with Gasteiger partial charge in [0, 0.05) is 12.8 Å². The lowest BCUT2D eigenvalue weighted by atomic mass is 10.1. The first-order valence-electron chi connectivity index (χ1n) is 17.4. The van der Waals surface area contributed by atoms with Crippen LogP contribution in [0.3, 0.4) is 0 Å². The molecular formula is C34H62NO10P. The van der Waals surface area contributed by atoms with Gasteiger partial charge in [-0.15, -0.1) is 0 Å². The summed E-state index contributed by atoms with van der Waals surface area (Å²) in [5, 5.41) is 21.6. The second kappa shape index (κ2) is 30.3. The number of ether oxygens (including phenoxy) is 1. The number of hydrogen-bond acceptors (Lipinski definition) is 8. The van der Waals surface area contributed by atoms with Gasteiger partial charge in [0.1, 0.15) is 12.7 Å². The zero-order valence-electron chi connectivity index (χ0n) is 28.4. The van der Waals surface area contributed by atoms with Crippen LogP contribution in [-0.4, -0.2) is 64.9 Å². The van der Waals surface area contributed by atoms with E-state index in [2.05, 4.69) is 43.5 Å². The number of amides is 1. The number of phosphoric acid groups is 1. The van der Waals surface area contributed by atoms with E-state index in [1.54, 1.807) is 0 Å². The van der Waals surface area contributed by atoms with Crippen LogP contribution in [0.4, 0.5) is 0 Å². The molecule has 0 radical (unpaired) electrons. The molecule has 11 nitrogen and oxygen atoms in total. The molecule has 0 aliphatic carbocycles. The van der Waals surface area contributed by atoms with Crippen molar-refractivity contribution in [3.8, 4) is 0 Å². The van der Waals surface area contributed by atoms with Crippen molar-refractivity contribution in [2.24, 2.45) is 0 Å². The third-order valence-electron chi connectivity index (χ3n) is 7.22. The van der Waals surface area contributed by atoms with E-state index < -0.39 is 57.6 Å². The molecule has 0 rings (SSSR count). The van der Waals surface area contributed by atoms with Crippen LogP contribution in [0.25, 0.3) is 0 Å². The zero-order valence-corrected chi connectivity index (χ0v) is 29.3. The first kappa shape index (κ1) is 44.0. The van der Waals surface area contributed by atoms with Crippen LogP contribution in [0.2, 0.25) is 0 Å². The van der Waals surface area contributed by atoms with Crippen molar-refractivity contribution in [1.82, 2.24) is 5.32 Å². The molecule has 268 valence electrons. The molecular weight excluding hydrogens is 613 g/mol. The third-order valence-corrected chi connectivity index (χ3v) is 8.18. The highest BCUT2D eigenvalue weighted by Crippen LogP contribution is 2.43. The number of aliphatic hydroxyl groups is 1. The van der Waals surface area contributed by atoms with Gasteiger partial charge in [0.2, 0.25) is 5.91 Å². The molecule has 1 amide bonds. The maximum atomic E-state index is 12.2. The SMILES string of the molecule is CCC/C=C\C/C=C\CCCCCCCC(=O)OCC(O)COP(=O)(O)OCC(NC(=O)CCCCCCCCCCC)C(=O)O. The molecule has 0 fully saturated rings. The second-order valence-corrected chi connectivity index (χ2v) is 13.2. The van der Waals surface area contributed by atoms with Gasteiger partial charge in [0.15, 0.2) is 6.04 Å². The number of carbonyl (C=O) groups excluding carboxylic acids is 2. The molecule has 0 saturated carbocycles. The minimum absolute atomic E-state index is 0.146. The largest absolute Gasteiger partial charge is 0.480 e. The van der Waals surface area contributed by atoms with Crippen LogP contribution in [0, 0.1) is 0 Å². The molecule has 3 atom stereocenters. The number of nitrogens with one attached hydrogen (secondary N) is 1. The first-order chi connectivity index (χ1) is 22.1. The molecule has 3 unspecified atom stereocenters. The molecule has 4 N–H and O–H groups in total. The Labute approximate surface area is 277 Å². The number of phosphoric ester groups is 1. The lowest BCUT2D eigenvalue weighted by molar-refractivity contribution is -0.147. The number of rotatable bonds is 32. The molecule has 0 aliphatic rings. The van der Waals surface area contributed by atoms with Gasteiger partial charge in [0.05, 0.1) is 13.2 Å². The van der Waals surface area contributed by atoms with Crippen LogP contribution in [0.15, 0.2) is 24.3 Å². The molecule has 12 heteroatoms. The molecule has 46 heavy (non-hydrogen) atoms. The fourth-order valence-corrected chi connectivity index (χ4v) is 5.24. The Balaban J connectivity index is 4.01. The Morgan fingerprint density at radius 3 is 1.85 bits per heavy atom. The fraction of sp³-hybridized carbons (Fsp3) is 0.794. The Morgan fingerprint density at radius 2 is 1.24 bits per heavy atom. The molecule has 0 bridgehead atoms. The van der Waals surface area contributed by atoms with Gasteiger partial charge in [-0.05, 0) is 38.5 Å². The Hall–Kier alpha value is -2.04. The molecule has 0 aromatic heterocycles. The number of carboxylic acid groups (broad SMARTS) is 1. The van der Waals surface area contributed by atoms with Crippen LogP contribution < -0.4 is 5.32 Å². The van der Waals surface area contributed by atoms with Crippen molar-refractivity contribution in [2.45, 2.75) is 154 Å². The number of allylic oxidation sites excluding steroid dienone is 4. The van der Waals surface area contributed by atoms with E-state index in [0.29, 0.717) is 12.8 Å². The highest BCUT2D eigenvalue weighted by atomic mass is 31.2. The van der Waals surface area contributed by atoms with Crippen LogP contribution >= 0.6 is 7.82 Å². The van der Waals surface area contributed by atoms with Crippen LogP contribution in [-0.2, 0) is 32.7 Å². The number of aliphatic hydroxyl groups excluding tert-OH is 1. The summed E-state index contributed by atoms with van der Waals surface area (Å²) in [5.41, 5.74) is 0. The minimum Gasteiger partial charge on any atom is -0.480 e. The van der Waals surface area contributed by atoms with Crippen molar-refractivity contribution >= 4 is 25.7 Å². The Kier molecular flexibility index (Phi) is 29.0. The second-order valence-electron chi connectivity index (χ2n) is 11.7. The van der Waals surface area contributed by atoms with Crippen molar-refractivity contribution in [3.05, 3.63) is 24.3 Å². The predicted octanol–water partition coefficient (Wildman–Crippen LogP) is 7.55. The van der Waals surface area contributed by atoms with E-state index in [0.717, 1.165) is 64.2 Å². The monoisotopic (exact) mass is 675 g/mol. The van der Waals surface area contributed by atoms with E-state index in [9.17, 15) is 34.1 Å². The van der Waals surface area contributed by atoms with Gasteiger partial charge < -0.3 is 25.2 Å². The highest BCUT2D eigenvalue weighted by molar-refractivity contribution is 7.47. The standard InChI is InChI=1S/C34H62NO10P/c1-3-5-7-9-11-13-14-15-16-18-20-22-24-26-33(38)43-27-30(36)28-44-46(41,42)45-29-31(34(39)40)35-32(37)25-23-21-19-17-12-10-8-6-4-2/h7,9,13-14,30-31,36H,3-6,8,10-12,15-29H2,1-2H3,(H,35,37)(H,39,40)(H,41,42)/b9-7-,14-13-. The smallest absolute Gasteiger partial charge is 0.472 e. The van der Waals surface area contributed by atoms with Crippen molar-refractivity contribution < 1.29 is 47.8 Å². The molecule has 0 aromatic carbocycles. The summed E-state index contributed by atoms with van der Waals surface area (Å²) in [7, 11) is -4.74. The molecule has 0 aliphatic heterocycles. The van der Waals surface area contributed by atoms with Gasteiger partial charge in [-0.2, -0.15) is 0 Å². The summed E-state index contributed by atoms with van der Waals surface area (Å²) in [6.45, 7) is 2.44. The van der Waals surface area contributed by atoms with Crippen molar-refractivity contribution in [3.63, 3.8) is 0 Å².